The fraction of sp³-hybridized carbons (Fsp3) is 0. The quantitative estimate of drug-likeness (QED) is 0.287. The third-order valence-corrected chi connectivity index (χ3v) is 0.664. The highest BCUT2D eigenvalue weighted by molar-refractivity contribution is 7.76. The van der Waals surface area contributed by atoms with Crippen LogP contribution in [0.4, 0.5) is 0 Å². The zero-order valence-corrected chi connectivity index (χ0v) is 5.32. The van der Waals surface area contributed by atoms with Crippen molar-refractivity contribution in [3.8, 4) is 0 Å². The van der Waals surface area contributed by atoms with Crippen LogP contribution in [0.25, 0.3) is 0 Å². The van der Waals surface area contributed by atoms with E-state index in [1.54, 1.807) is 0 Å². The first-order chi connectivity index (χ1) is 3.72. The maximum Gasteiger partial charge on any atom is 0.430 e. The van der Waals surface area contributed by atoms with Gasteiger partial charge in [0, 0.05) is 25.8 Å². The Hall–Kier alpha value is -0.360. The van der Waals surface area contributed by atoms with E-state index in [1.807, 2.05) is 0 Å². The van der Waals surface area contributed by atoms with Crippen molar-refractivity contribution in [3.63, 3.8) is 0 Å². The lowest BCUT2D eigenvalue weighted by Gasteiger charge is -1.89. The van der Waals surface area contributed by atoms with Crippen molar-refractivity contribution in [2.75, 3.05) is 0 Å². The van der Waals surface area contributed by atoms with Crippen molar-refractivity contribution in [2.45, 2.75) is 0 Å². The summed E-state index contributed by atoms with van der Waals surface area (Å²) in [6.45, 7) is 0. The van der Waals surface area contributed by atoms with Gasteiger partial charge in [-0.15, -0.1) is 0 Å². The van der Waals surface area contributed by atoms with Gasteiger partial charge in [-0.05, 0) is 0 Å². The molecule has 0 unspecified atom stereocenters. The molecule has 0 aromatic carbocycles. The highest BCUT2D eigenvalue weighted by atomic mass is 32.1. The first-order valence-corrected chi connectivity index (χ1v) is 2.16. The van der Waals surface area contributed by atoms with Crippen LogP contribution in [0.1, 0.15) is 0 Å². The molecule has 0 saturated heterocycles. The van der Waals surface area contributed by atoms with Gasteiger partial charge in [-0.1, -0.05) is 0 Å². The van der Waals surface area contributed by atoms with Crippen LogP contribution >= 0.6 is 25.8 Å². The summed E-state index contributed by atoms with van der Waals surface area (Å²) in [7, 11) is 0. The SMILES string of the molecule is O=C(OS)C(=O)OS. The number of hydrogen-bond acceptors (Lipinski definition) is 6. The van der Waals surface area contributed by atoms with Gasteiger partial charge in [-0.3, -0.25) is 0 Å². The van der Waals surface area contributed by atoms with Gasteiger partial charge in [0.1, 0.15) is 0 Å². The molecule has 0 aliphatic heterocycles. The van der Waals surface area contributed by atoms with Crippen molar-refractivity contribution < 1.29 is 18.0 Å². The normalized spacial score (nSPS) is 7.75. The Kier molecular flexibility index (Phi) is 3.46. The van der Waals surface area contributed by atoms with Gasteiger partial charge >= 0.3 is 11.9 Å². The Balaban J connectivity index is 3.64. The average Bonchev–Trinajstić information content (AvgIpc) is 1.84. The monoisotopic (exact) mass is 154 g/mol. The predicted molar refractivity (Wildman–Crippen MR) is 30.2 cm³/mol. The van der Waals surface area contributed by atoms with Crippen LogP contribution in [0, 0.1) is 0 Å². The Labute approximate surface area is 56.4 Å². The zero-order chi connectivity index (χ0) is 6.57. The van der Waals surface area contributed by atoms with E-state index in [0.29, 0.717) is 0 Å². The maximum absolute atomic E-state index is 9.92. The summed E-state index contributed by atoms with van der Waals surface area (Å²) in [6.07, 6.45) is 0. The smallest absolute Gasteiger partial charge is 0.386 e. The molecular weight excluding hydrogens is 152 g/mol. The average molecular weight is 154 g/mol. The fourth-order valence-electron chi connectivity index (χ4n) is 0.0745. The van der Waals surface area contributed by atoms with E-state index < -0.39 is 11.9 Å². The zero-order valence-electron chi connectivity index (χ0n) is 3.53. The van der Waals surface area contributed by atoms with E-state index in [9.17, 15) is 9.59 Å². The number of carbonyl (C=O) groups excluding carboxylic acids is 2. The van der Waals surface area contributed by atoms with E-state index in [4.69, 9.17) is 0 Å². The molecule has 0 atom stereocenters. The highest BCUT2D eigenvalue weighted by Crippen LogP contribution is 1.87. The van der Waals surface area contributed by atoms with Crippen LogP contribution in [-0.4, -0.2) is 11.9 Å². The molecule has 0 fully saturated rings. The van der Waals surface area contributed by atoms with Gasteiger partial charge in [0.2, 0.25) is 0 Å². The summed E-state index contributed by atoms with van der Waals surface area (Å²) in [6, 6.07) is 0. The molecule has 0 aromatic rings. The molecule has 0 aromatic heterocycles. The molecule has 0 saturated carbocycles. The summed E-state index contributed by atoms with van der Waals surface area (Å²) >= 11 is 6.05. The van der Waals surface area contributed by atoms with Gasteiger partial charge < -0.3 is 8.37 Å². The van der Waals surface area contributed by atoms with Crippen LogP contribution in [-0.2, 0) is 18.0 Å². The van der Waals surface area contributed by atoms with E-state index in [-0.39, 0.29) is 0 Å². The lowest BCUT2D eigenvalue weighted by Crippen LogP contribution is -2.12. The minimum atomic E-state index is -1.19. The lowest BCUT2D eigenvalue weighted by atomic mass is 10.7. The largest absolute Gasteiger partial charge is 0.430 e. The summed E-state index contributed by atoms with van der Waals surface area (Å²) in [5.74, 6) is -2.38. The maximum atomic E-state index is 9.92. The lowest BCUT2D eigenvalue weighted by molar-refractivity contribution is -0.154. The van der Waals surface area contributed by atoms with Gasteiger partial charge in [0.05, 0.1) is 0 Å². The molecule has 8 heavy (non-hydrogen) atoms. The van der Waals surface area contributed by atoms with Gasteiger partial charge in [-0.25, -0.2) is 9.59 Å². The van der Waals surface area contributed by atoms with Crippen LogP contribution in [0.5, 0.6) is 0 Å². The molecule has 0 radical (unpaired) electrons. The fourth-order valence-corrected chi connectivity index (χ4v) is 0.224. The van der Waals surface area contributed by atoms with Crippen LogP contribution < -0.4 is 0 Å². The summed E-state index contributed by atoms with van der Waals surface area (Å²) < 4.78 is 7.27. The molecule has 4 nitrogen and oxygen atoms in total. The predicted octanol–water partition coefficient (Wildman–Crippen LogP) is -0.238. The minimum Gasteiger partial charge on any atom is -0.386 e. The molecule has 0 aliphatic rings. The molecule has 0 spiro atoms. The third-order valence-electron chi connectivity index (χ3n) is 0.332. The highest BCUT2D eigenvalue weighted by Gasteiger charge is 2.13. The van der Waals surface area contributed by atoms with E-state index in [1.165, 1.54) is 0 Å². The molecule has 0 bridgehead atoms. The van der Waals surface area contributed by atoms with Crippen molar-refractivity contribution >= 4 is 37.8 Å². The molecule has 6 heteroatoms. The van der Waals surface area contributed by atoms with Crippen molar-refractivity contribution in [3.05, 3.63) is 0 Å². The second-order valence-electron chi connectivity index (χ2n) is 0.757. The van der Waals surface area contributed by atoms with Crippen molar-refractivity contribution in [2.24, 2.45) is 0 Å². The first kappa shape index (κ1) is 7.64. The Morgan fingerprint density at radius 3 is 1.38 bits per heavy atom. The molecule has 0 rings (SSSR count). The van der Waals surface area contributed by atoms with Gasteiger partial charge in [-0.2, -0.15) is 0 Å². The molecule has 46 valence electrons. The van der Waals surface area contributed by atoms with Gasteiger partial charge in [0.25, 0.3) is 0 Å². The topological polar surface area (TPSA) is 52.6 Å². The molecule has 0 heterocycles. The standard InChI is InChI=1S/C2H2O4S2/c3-1(5-7)2(4)6-8/h7-8H. The number of thiol groups is 2. The van der Waals surface area contributed by atoms with Gasteiger partial charge in [0.15, 0.2) is 0 Å². The van der Waals surface area contributed by atoms with E-state index in [0.717, 1.165) is 0 Å². The van der Waals surface area contributed by atoms with Crippen molar-refractivity contribution in [1.29, 1.82) is 0 Å². The second kappa shape index (κ2) is 3.62. The van der Waals surface area contributed by atoms with Crippen LogP contribution in [0.2, 0.25) is 0 Å². The van der Waals surface area contributed by atoms with E-state index >= 15 is 0 Å². The summed E-state index contributed by atoms with van der Waals surface area (Å²) in [5.41, 5.74) is 0. The molecule has 0 N–H and O–H groups in total. The number of rotatable bonds is 0. The molecule has 0 amide bonds. The summed E-state index contributed by atoms with van der Waals surface area (Å²) in [5, 5.41) is 0. The van der Waals surface area contributed by atoms with Crippen molar-refractivity contribution in [1.82, 2.24) is 0 Å². The Morgan fingerprint density at radius 2 is 1.25 bits per heavy atom. The Morgan fingerprint density at radius 1 is 1.00 bits per heavy atom. The minimum absolute atomic E-state index is 1.19. The number of hydrogen-bond donors (Lipinski definition) is 2. The molecule has 0 aliphatic carbocycles. The summed E-state index contributed by atoms with van der Waals surface area (Å²) in [4.78, 5) is 19.8. The van der Waals surface area contributed by atoms with Crippen LogP contribution in [0.15, 0.2) is 0 Å². The van der Waals surface area contributed by atoms with Crippen LogP contribution in [0.3, 0.4) is 0 Å². The number of carbonyl (C=O) groups is 2. The molecular formula is C2H2O4S2. The second-order valence-corrected chi connectivity index (χ2v) is 1.12. The first-order valence-electron chi connectivity index (χ1n) is 1.43. The van der Waals surface area contributed by atoms with E-state index in [2.05, 4.69) is 34.2 Å². The Bertz CT molecular complexity index is 96.6. The third kappa shape index (κ3) is 2.08.